The highest BCUT2D eigenvalue weighted by Gasteiger charge is 2.33. The Hall–Kier alpha value is -0.570. The highest BCUT2D eigenvalue weighted by molar-refractivity contribution is 5.71. The van der Waals surface area contributed by atoms with Crippen molar-refractivity contribution in [2.24, 2.45) is 5.92 Å². The molecule has 2 aliphatic carbocycles. The molecule has 3 nitrogen and oxygen atoms in total. The maximum atomic E-state index is 11.1. The molecule has 2 rings (SSSR count). The molecule has 92 valence electrons. The van der Waals surface area contributed by atoms with E-state index in [4.69, 9.17) is 5.11 Å². The molecule has 0 bridgehead atoms. The third-order valence-electron chi connectivity index (χ3n) is 4.14. The maximum absolute atomic E-state index is 11.1. The Bertz CT molecular complexity index is 234. The number of nitrogens with one attached hydrogen (secondary N) is 1. The summed E-state index contributed by atoms with van der Waals surface area (Å²) in [6.07, 6.45) is 10.8. The number of carboxylic acids is 1. The first-order valence-corrected chi connectivity index (χ1v) is 6.76. The van der Waals surface area contributed by atoms with E-state index in [0.29, 0.717) is 6.04 Å². The minimum Gasteiger partial charge on any atom is -0.481 e. The first-order chi connectivity index (χ1) is 7.77. The lowest BCUT2D eigenvalue weighted by Gasteiger charge is -2.24. The van der Waals surface area contributed by atoms with Crippen LogP contribution in [0.4, 0.5) is 0 Å². The molecule has 0 saturated heterocycles. The summed E-state index contributed by atoms with van der Waals surface area (Å²) in [6.45, 7) is 0. The molecule has 0 aromatic heterocycles. The Morgan fingerprint density at radius 1 is 0.938 bits per heavy atom. The number of carboxylic acid groups (broad SMARTS) is 1. The van der Waals surface area contributed by atoms with Crippen LogP contribution in [0.15, 0.2) is 0 Å². The van der Waals surface area contributed by atoms with Crippen molar-refractivity contribution in [2.75, 3.05) is 0 Å². The zero-order chi connectivity index (χ0) is 11.4. The van der Waals surface area contributed by atoms with Crippen LogP contribution < -0.4 is 5.32 Å². The molecule has 0 aliphatic heterocycles. The Kier molecular flexibility index (Phi) is 4.22. The van der Waals surface area contributed by atoms with Crippen LogP contribution in [0.2, 0.25) is 0 Å². The summed E-state index contributed by atoms with van der Waals surface area (Å²) < 4.78 is 0. The summed E-state index contributed by atoms with van der Waals surface area (Å²) in [5.41, 5.74) is 0. The van der Waals surface area contributed by atoms with E-state index in [2.05, 4.69) is 5.32 Å². The quantitative estimate of drug-likeness (QED) is 0.726. The van der Waals surface area contributed by atoms with Gasteiger partial charge >= 0.3 is 5.97 Å². The van der Waals surface area contributed by atoms with E-state index < -0.39 is 5.97 Å². The van der Waals surface area contributed by atoms with Crippen molar-refractivity contribution < 1.29 is 9.90 Å². The van der Waals surface area contributed by atoms with E-state index in [1.165, 1.54) is 38.5 Å². The Morgan fingerprint density at radius 3 is 2.25 bits per heavy atom. The summed E-state index contributed by atoms with van der Waals surface area (Å²) in [5.74, 6) is -0.744. The average Bonchev–Trinajstić information content (AvgIpc) is 2.55. The average molecular weight is 225 g/mol. The molecule has 0 heterocycles. The number of aliphatic carboxylic acids is 1. The molecule has 2 aliphatic rings. The van der Waals surface area contributed by atoms with Gasteiger partial charge < -0.3 is 10.4 Å². The molecule has 3 heteroatoms. The molecule has 2 atom stereocenters. The predicted molar refractivity (Wildman–Crippen MR) is 63.4 cm³/mol. The maximum Gasteiger partial charge on any atom is 0.308 e. The molecule has 0 radical (unpaired) electrons. The van der Waals surface area contributed by atoms with Crippen LogP contribution in [-0.2, 0) is 4.79 Å². The van der Waals surface area contributed by atoms with Gasteiger partial charge in [-0.25, -0.2) is 0 Å². The first kappa shape index (κ1) is 11.9. The third kappa shape index (κ3) is 2.97. The van der Waals surface area contributed by atoms with Crippen LogP contribution >= 0.6 is 0 Å². The molecule has 0 spiro atoms. The van der Waals surface area contributed by atoms with Gasteiger partial charge in [-0.2, -0.15) is 0 Å². The van der Waals surface area contributed by atoms with Gasteiger partial charge in [0, 0.05) is 12.1 Å². The standard InChI is InChI=1S/C13H23NO2/c15-13(16)11-8-5-9-12(11)14-10-6-3-1-2-4-7-10/h10-12,14H,1-9H2,(H,15,16). The highest BCUT2D eigenvalue weighted by atomic mass is 16.4. The van der Waals surface area contributed by atoms with Crippen molar-refractivity contribution in [1.82, 2.24) is 5.32 Å². The van der Waals surface area contributed by atoms with Crippen LogP contribution in [0.3, 0.4) is 0 Å². The van der Waals surface area contributed by atoms with E-state index in [0.717, 1.165) is 19.3 Å². The molecule has 0 amide bonds. The first-order valence-electron chi connectivity index (χ1n) is 6.76. The van der Waals surface area contributed by atoms with E-state index in [1.54, 1.807) is 0 Å². The lowest BCUT2D eigenvalue weighted by atomic mass is 10.0. The summed E-state index contributed by atoms with van der Waals surface area (Å²) >= 11 is 0. The minimum atomic E-state index is -0.608. The lowest BCUT2D eigenvalue weighted by Crippen LogP contribution is -2.42. The SMILES string of the molecule is O=C(O)C1CCCC1NC1CCCCCC1. The topological polar surface area (TPSA) is 49.3 Å². The molecule has 2 unspecified atom stereocenters. The van der Waals surface area contributed by atoms with Gasteiger partial charge in [0.2, 0.25) is 0 Å². The molecule has 2 N–H and O–H groups in total. The van der Waals surface area contributed by atoms with Crippen LogP contribution in [0.25, 0.3) is 0 Å². The fraction of sp³-hybridized carbons (Fsp3) is 0.923. The van der Waals surface area contributed by atoms with Gasteiger partial charge in [0.15, 0.2) is 0 Å². The van der Waals surface area contributed by atoms with E-state index >= 15 is 0 Å². The monoisotopic (exact) mass is 225 g/mol. The fourth-order valence-corrected chi connectivity index (χ4v) is 3.20. The summed E-state index contributed by atoms with van der Waals surface area (Å²) in [6, 6.07) is 0.813. The van der Waals surface area contributed by atoms with Crippen LogP contribution in [0.5, 0.6) is 0 Å². The van der Waals surface area contributed by atoms with Gasteiger partial charge in [-0.3, -0.25) is 4.79 Å². The molecule has 2 saturated carbocycles. The van der Waals surface area contributed by atoms with Gasteiger partial charge in [0.1, 0.15) is 0 Å². The van der Waals surface area contributed by atoms with Crippen molar-refractivity contribution in [3.05, 3.63) is 0 Å². The van der Waals surface area contributed by atoms with Crippen molar-refractivity contribution >= 4 is 5.97 Å². The Balaban J connectivity index is 1.85. The minimum absolute atomic E-state index is 0.136. The summed E-state index contributed by atoms with van der Waals surface area (Å²) in [5, 5.41) is 12.7. The van der Waals surface area contributed by atoms with Gasteiger partial charge in [-0.1, -0.05) is 32.1 Å². The number of carbonyl (C=O) groups is 1. The normalized spacial score (nSPS) is 32.5. The zero-order valence-corrected chi connectivity index (χ0v) is 9.95. The van der Waals surface area contributed by atoms with E-state index in [9.17, 15) is 4.79 Å². The van der Waals surface area contributed by atoms with Gasteiger partial charge in [0.05, 0.1) is 5.92 Å². The largest absolute Gasteiger partial charge is 0.481 e. The van der Waals surface area contributed by atoms with Gasteiger partial charge in [-0.15, -0.1) is 0 Å². The van der Waals surface area contributed by atoms with Crippen molar-refractivity contribution in [3.8, 4) is 0 Å². The molecule has 0 aromatic carbocycles. The van der Waals surface area contributed by atoms with Crippen molar-refractivity contribution in [3.63, 3.8) is 0 Å². The molecular formula is C13H23NO2. The van der Waals surface area contributed by atoms with Crippen molar-refractivity contribution in [2.45, 2.75) is 69.9 Å². The van der Waals surface area contributed by atoms with Crippen LogP contribution in [0, 0.1) is 5.92 Å². The highest BCUT2D eigenvalue weighted by Crippen LogP contribution is 2.28. The lowest BCUT2D eigenvalue weighted by molar-refractivity contribution is -0.142. The predicted octanol–water partition coefficient (Wildman–Crippen LogP) is 2.55. The second kappa shape index (κ2) is 5.67. The Morgan fingerprint density at radius 2 is 1.62 bits per heavy atom. The van der Waals surface area contributed by atoms with Gasteiger partial charge in [0.25, 0.3) is 0 Å². The van der Waals surface area contributed by atoms with Crippen LogP contribution in [-0.4, -0.2) is 23.2 Å². The molecule has 16 heavy (non-hydrogen) atoms. The summed E-state index contributed by atoms with van der Waals surface area (Å²) in [7, 11) is 0. The van der Waals surface area contributed by atoms with E-state index in [1.807, 2.05) is 0 Å². The van der Waals surface area contributed by atoms with Crippen LogP contribution in [0.1, 0.15) is 57.8 Å². The fourth-order valence-electron chi connectivity index (χ4n) is 3.20. The smallest absolute Gasteiger partial charge is 0.308 e. The molecule has 2 fully saturated rings. The van der Waals surface area contributed by atoms with Crippen molar-refractivity contribution in [1.29, 1.82) is 0 Å². The Labute approximate surface area is 97.6 Å². The second-order valence-electron chi connectivity index (χ2n) is 5.34. The second-order valence-corrected chi connectivity index (χ2v) is 5.34. The number of rotatable bonds is 3. The zero-order valence-electron chi connectivity index (χ0n) is 9.95. The molecular weight excluding hydrogens is 202 g/mol. The number of hydrogen-bond donors (Lipinski definition) is 2. The summed E-state index contributed by atoms with van der Waals surface area (Å²) in [4.78, 5) is 11.1. The molecule has 0 aromatic rings. The number of hydrogen-bond acceptors (Lipinski definition) is 2. The third-order valence-corrected chi connectivity index (χ3v) is 4.14. The van der Waals surface area contributed by atoms with Gasteiger partial charge in [-0.05, 0) is 25.7 Å². The van der Waals surface area contributed by atoms with E-state index in [-0.39, 0.29) is 12.0 Å².